The van der Waals surface area contributed by atoms with Gasteiger partial charge in [0.1, 0.15) is 0 Å². The van der Waals surface area contributed by atoms with E-state index in [1.165, 1.54) is 15.4 Å². The van der Waals surface area contributed by atoms with Gasteiger partial charge in [0.25, 0.3) is 0 Å². The zero-order valence-electron chi connectivity index (χ0n) is 7.25. The first kappa shape index (κ1) is 7.92. The second-order valence-corrected chi connectivity index (χ2v) is 3.17. The van der Waals surface area contributed by atoms with Crippen LogP contribution in [0, 0.1) is 0 Å². The average molecular weight is 148 g/mol. The first-order valence-corrected chi connectivity index (χ1v) is 4.29. The summed E-state index contributed by atoms with van der Waals surface area (Å²) in [7, 11) is 0. The molecule has 54 valence electrons. The van der Waals surface area contributed by atoms with Crippen LogP contribution in [0.25, 0.3) is 5.57 Å². The molecule has 0 unspecified atom stereocenters. The monoisotopic (exact) mass is 148 g/mol. The summed E-state index contributed by atoms with van der Waals surface area (Å²) in [6.45, 7) is 0. The molecular weight excluding hydrogens is 139 g/mol. The van der Waals surface area contributed by atoms with Crippen LogP contribution < -0.4 is 0 Å². The Kier molecular flexibility index (Phi) is 2.21. The summed E-state index contributed by atoms with van der Waals surface area (Å²) in [4.78, 5) is 0. The van der Waals surface area contributed by atoms with E-state index >= 15 is 0 Å². The molecule has 2 rings (SSSR count). The van der Waals surface area contributed by atoms with Gasteiger partial charge in [0.05, 0.1) is 0 Å². The fourth-order valence-corrected chi connectivity index (χ4v) is 1.57. The molecule has 0 aliphatic heterocycles. The molecule has 0 fully saturated rings. The Labute approximate surface area is 82.2 Å². The standard InChI is InChI=1S/C11H9.Li/c1-2-6-10(7-3-1)11-8-4-5-9-11;/h1-4,6-8H,5H2;. The molecule has 1 aliphatic rings. The molecule has 0 bridgehead atoms. The average Bonchev–Trinajstić information content (AvgIpc) is 2.53. The maximum absolute atomic E-state index is 2.22. The van der Waals surface area contributed by atoms with Crippen LogP contribution in [0.4, 0.5) is 0 Å². The minimum atomic E-state index is 1.12. The first-order chi connectivity index (χ1) is 5.88. The predicted octanol–water partition coefficient (Wildman–Crippen LogP) is 2.53. The van der Waals surface area contributed by atoms with E-state index in [2.05, 4.69) is 60.2 Å². The van der Waals surface area contributed by atoms with E-state index < -0.39 is 0 Å². The van der Waals surface area contributed by atoms with Gasteiger partial charge in [-0.05, 0) is 0 Å². The molecule has 0 heterocycles. The van der Waals surface area contributed by atoms with Gasteiger partial charge < -0.3 is 0 Å². The summed E-state index contributed by atoms with van der Waals surface area (Å²) in [5.74, 6) is 0. The van der Waals surface area contributed by atoms with E-state index in [0.29, 0.717) is 0 Å². The van der Waals surface area contributed by atoms with E-state index in [-0.39, 0.29) is 0 Å². The van der Waals surface area contributed by atoms with Crippen molar-refractivity contribution in [2.45, 2.75) is 6.42 Å². The predicted molar refractivity (Wildman–Crippen MR) is 52.9 cm³/mol. The van der Waals surface area contributed by atoms with Crippen molar-refractivity contribution in [3.8, 4) is 0 Å². The molecule has 12 heavy (non-hydrogen) atoms. The second-order valence-electron chi connectivity index (χ2n) is 3.17. The van der Waals surface area contributed by atoms with Crippen molar-refractivity contribution < 1.29 is 0 Å². The van der Waals surface area contributed by atoms with Crippen LogP contribution in [0.1, 0.15) is 12.0 Å². The van der Waals surface area contributed by atoms with Crippen molar-refractivity contribution in [3.63, 3.8) is 0 Å². The Morgan fingerprint density at radius 3 is 2.42 bits per heavy atom. The molecule has 0 nitrogen and oxygen atoms in total. The Hall–Kier alpha value is -0.703. The molecule has 0 spiro atoms. The molecule has 0 amide bonds. The molecule has 0 saturated carbocycles. The van der Waals surface area contributed by atoms with Crippen molar-refractivity contribution in [2.24, 2.45) is 0 Å². The van der Waals surface area contributed by atoms with Crippen molar-refractivity contribution in [1.29, 1.82) is 0 Å². The third-order valence-electron chi connectivity index (χ3n) is 2.25. The molecular formula is C11H9Li. The van der Waals surface area contributed by atoms with Crippen molar-refractivity contribution in [3.05, 3.63) is 52.3 Å². The van der Waals surface area contributed by atoms with E-state index in [0.717, 1.165) is 6.42 Å². The Morgan fingerprint density at radius 1 is 1.08 bits per heavy atom. The van der Waals surface area contributed by atoms with E-state index in [1.54, 1.807) is 0 Å². The molecule has 1 heteroatoms. The summed E-state index contributed by atoms with van der Waals surface area (Å²) in [6.07, 6.45) is 5.55. The molecule has 1 aromatic rings. The molecule has 0 N–H and O–H groups in total. The van der Waals surface area contributed by atoms with Gasteiger partial charge in [-0.25, -0.2) is 0 Å². The van der Waals surface area contributed by atoms with Crippen LogP contribution in [0.15, 0.2) is 46.7 Å². The fourth-order valence-electron chi connectivity index (χ4n) is 1.57. The summed E-state index contributed by atoms with van der Waals surface area (Å²) >= 11 is 2.20. The van der Waals surface area contributed by atoms with Gasteiger partial charge in [0.15, 0.2) is 0 Å². The fraction of sp³-hybridized carbons (Fsp3) is 0.0909. The third-order valence-corrected chi connectivity index (χ3v) is 2.25. The number of hydrogen-bond acceptors (Lipinski definition) is 0. The topological polar surface area (TPSA) is 0 Å². The molecule has 0 saturated heterocycles. The van der Waals surface area contributed by atoms with E-state index in [1.807, 2.05) is 0 Å². The maximum atomic E-state index is 2.22. The number of allylic oxidation sites excluding steroid dienone is 4. The third kappa shape index (κ3) is 1.41. The van der Waals surface area contributed by atoms with Gasteiger partial charge in [0.2, 0.25) is 0 Å². The second kappa shape index (κ2) is 3.35. The number of rotatable bonds is 1. The van der Waals surface area contributed by atoms with Gasteiger partial charge in [-0.3, -0.25) is 0 Å². The summed E-state index contributed by atoms with van der Waals surface area (Å²) in [6, 6.07) is 10.5. The van der Waals surface area contributed by atoms with Crippen LogP contribution in [-0.2, 0) is 0 Å². The number of benzene rings is 1. The Bertz CT molecular complexity index is 333. The zero-order valence-corrected chi connectivity index (χ0v) is 7.25. The van der Waals surface area contributed by atoms with Crippen LogP contribution in [0.2, 0.25) is 0 Å². The molecule has 0 aromatic heterocycles. The molecule has 0 radical (unpaired) electrons. The summed E-state index contributed by atoms with van der Waals surface area (Å²) in [5, 5.41) is 0. The van der Waals surface area contributed by atoms with E-state index in [4.69, 9.17) is 0 Å². The summed E-state index contributed by atoms with van der Waals surface area (Å²) in [5.41, 5.74) is 2.74. The van der Waals surface area contributed by atoms with Crippen molar-refractivity contribution >= 4 is 23.3 Å². The van der Waals surface area contributed by atoms with E-state index in [9.17, 15) is 0 Å². The molecule has 1 aliphatic carbocycles. The van der Waals surface area contributed by atoms with Crippen LogP contribution in [0.5, 0.6) is 0 Å². The van der Waals surface area contributed by atoms with Crippen molar-refractivity contribution in [1.82, 2.24) is 0 Å². The van der Waals surface area contributed by atoms with Gasteiger partial charge in [-0.1, -0.05) is 0 Å². The molecule has 1 aromatic carbocycles. The SMILES string of the molecule is [Li][C]1=C(c2ccccc2)C=CC1. The summed E-state index contributed by atoms with van der Waals surface area (Å²) < 4.78 is 1.47. The first-order valence-electron chi connectivity index (χ1n) is 4.29. The van der Waals surface area contributed by atoms with Crippen LogP contribution in [0.3, 0.4) is 0 Å². The normalized spacial score (nSPS) is 15.8. The number of hydrogen-bond donors (Lipinski definition) is 0. The van der Waals surface area contributed by atoms with Gasteiger partial charge in [-0.2, -0.15) is 0 Å². The Balaban J connectivity index is 2.44. The minimum absolute atomic E-state index is 1.12. The van der Waals surface area contributed by atoms with Crippen LogP contribution >= 0.6 is 0 Å². The van der Waals surface area contributed by atoms with Gasteiger partial charge in [0, 0.05) is 0 Å². The zero-order chi connectivity index (χ0) is 8.39. The van der Waals surface area contributed by atoms with Crippen LogP contribution in [-0.4, -0.2) is 17.7 Å². The van der Waals surface area contributed by atoms with Gasteiger partial charge in [-0.15, -0.1) is 0 Å². The molecule has 0 atom stereocenters. The Morgan fingerprint density at radius 2 is 1.83 bits per heavy atom. The van der Waals surface area contributed by atoms with Crippen molar-refractivity contribution in [2.75, 3.05) is 0 Å². The van der Waals surface area contributed by atoms with Gasteiger partial charge >= 0.3 is 82.0 Å². The quantitative estimate of drug-likeness (QED) is 0.537.